The Bertz CT molecular complexity index is 445. The zero-order valence-corrected chi connectivity index (χ0v) is 15.3. The molecule has 0 aliphatic heterocycles. The maximum Gasteiger partial charge on any atom is 0.407 e. The number of likely N-dealkylation sites (N-methyl/N-ethyl adjacent to an activating group) is 1. The van der Waals surface area contributed by atoms with E-state index < -0.39 is 32.3 Å². The van der Waals surface area contributed by atoms with Gasteiger partial charge in [0.15, 0.2) is 9.84 Å². The maximum atomic E-state index is 12.3. The van der Waals surface area contributed by atoms with Crippen molar-refractivity contribution in [2.75, 3.05) is 26.4 Å². The molecule has 0 aliphatic rings. The van der Waals surface area contributed by atoms with Gasteiger partial charge in [-0.15, -0.1) is 0 Å². The minimum atomic E-state index is -3.33. The SMILES string of the molecule is CN(C)C[C@@H](CS(=O)(=O)C(C)(C)C)NC(=O)OC(C)(C)C. The third-order valence-corrected chi connectivity index (χ3v) is 5.37. The third kappa shape index (κ3) is 8.26. The molecule has 1 atom stereocenters. The third-order valence-electron chi connectivity index (χ3n) is 2.66. The van der Waals surface area contributed by atoms with Gasteiger partial charge in [-0.05, 0) is 55.6 Å². The number of ether oxygens (including phenoxy) is 1. The van der Waals surface area contributed by atoms with Gasteiger partial charge in [0.1, 0.15) is 5.60 Å². The van der Waals surface area contributed by atoms with Crippen LogP contribution >= 0.6 is 0 Å². The summed E-state index contributed by atoms with van der Waals surface area (Å²) in [5, 5.41) is 2.65. The minimum absolute atomic E-state index is 0.117. The van der Waals surface area contributed by atoms with E-state index in [1.165, 1.54) is 0 Å². The molecule has 7 heteroatoms. The first-order valence-corrected chi connectivity index (χ1v) is 8.66. The van der Waals surface area contributed by atoms with Gasteiger partial charge in [-0.1, -0.05) is 0 Å². The van der Waals surface area contributed by atoms with Crippen molar-refractivity contribution in [1.82, 2.24) is 10.2 Å². The van der Waals surface area contributed by atoms with E-state index >= 15 is 0 Å². The first kappa shape index (κ1) is 20.2. The molecule has 0 bridgehead atoms. The molecular weight excluding hydrogens is 292 g/mol. The van der Waals surface area contributed by atoms with Crippen molar-refractivity contribution in [3.05, 3.63) is 0 Å². The summed E-state index contributed by atoms with van der Waals surface area (Å²) in [6.45, 7) is 10.7. The Morgan fingerprint density at radius 3 is 1.95 bits per heavy atom. The standard InChI is InChI=1S/C14H30N2O4S/c1-13(2,3)20-12(17)15-11(9-16(7)8)10-21(18,19)14(4,5)6/h11H,9-10H2,1-8H3,(H,15,17)/t11-/m0/s1. The molecule has 1 N–H and O–H groups in total. The average Bonchev–Trinajstić information content (AvgIpc) is 2.08. The van der Waals surface area contributed by atoms with Gasteiger partial charge in [-0.2, -0.15) is 0 Å². The Hall–Kier alpha value is -0.820. The number of nitrogens with one attached hydrogen (secondary N) is 1. The van der Waals surface area contributed by atoms with E-state index in [9.17, 15) is 13.2 Å². The topological polar surface area (TPSA) is 75.7 Å². The van der Waals surface area contributed by atoms with Crippen LogP contribution in [0.4, 0.5) is 4.79 Å². The lowest BCUT2D eigenvalue weighted by Crippen LogP contribution is -2.49. The smallest absolute Gasteiger partial charge is 0.407 e. The van der Waals surface area contributed by atoms with Crippen LogP contribution in [-0.4, -0.2) is 62.2 Å². The van der Waals surface area contributed by atoms with Gasteiger partial charge >= 0.3 is 6.09 Å². The van der Waals surface area contributed by atoms with E-state index in [0.29, 0.717) is 6.54 Å². The fourth-order valence-electron chi connectivity index (χ4n) is 1.57. The van der Waals surface area contributed by atoms with E-state index in [1.807, 2.05) is 19.0 Å². The second-order valence-corrected chi connectivity index (χ2v) is 10.3. The number of hydrogen-bond donors (Lipinski definition) is 1. The summed E-state index contributed by atoms with van der Waals surface area (Å²) in [5.41, 5.74) is -0.615. The molecule has 0 saturated heterocycles. The predicted octanol–water partition coefficient (Wildman–Crippen LogP) is 1.65. The van der Waals surface area contributed by atoms with E-state index in [4.69, 9.17) is 4.74 Å². The number of sulfone groups is 1. The van der Waals surface area contributed by atoms with E-state index in [-0.39, 0.29) is 5.75 Å². The Labute approximate surface area is 129 Å². The molecular formula is C14H30N2O4S. The molecule has 0 aliphatic carbocycles. The quantitative estimate of drug-likeness (QED) is 0.833. The highest BCUT2D eigenvalue weighted by Gasteiger charge is 2.33. The molecule has 0 aromatic rings. The lowest BCUT2D eigenvalue weighted by atomic mass is 10.2. The largest absolute Gasteiger partial charge is 0.444 e. The lowest BCUT2D eigenvalue weighted by Gasteiger charge is -2.28. The number of rotatable bonds is 5. The van der Waals surface area contributed by atoms with Crippen molar-refractivity contribution in [2.45, 2.75) is 57.9 Å². The molecule has 0 radical (unpaired) electrons. The van der Waals surface area contributed by atoms with Gasteiger partial charge in [-0.3, -0.25) is 0 Å². The lowest BCUT2D eigenvalue weighted by molar-refractivity contribution is 0.0503. The average molecular weight is 322 g/mol. The Morgan fingerprint density at radius 2 is 1.62 bits per heavy atom. The number of hydrogen-bond acceptors (Lipinski definition) is 5. The summed E-state index contributed by atoms with van der Waals surface area (Å²) in [5.74, 6) is -0.117. The van der Waals surface area contributed by atoms with Crippen molar-refractivity contribution in [2.24, 2.45) is 0 Å². The molecule has 126 valence electrons. The molecule has 0 rings (SSSR count). The van der Waals surface area contributed by atoms with Crippen molar-refractivity contribution in [1.29, 1.82) is 0 Å². The van der Waals surface area contributed by atoms with Gasteiger partial charge in [0.25, 0.3) is 0 Å². The fraction of sp³-hybridized carbons (Fsp3) is 0.929. The second kappa shape index (κ2) is 6.96. The first-order chi connectivity index (χ1) is 9.14. The first-order valence-electron chi connectivity index (χ1n) is 7.00. The van der Waals surface area contributed by atoms with E-state index in [2.05, 4.69) is 5.32 Å². The van der Waals surface area contributed by atoms with Crippen LogP contribution in [0.1, 0.15) is 41.5 Å². The molecule has 0 fully saturated rings. The normalized spacial score (nSPS) is 14.9. The number of amides is 1. The van der Waals surface area contributed by atoms with Crippen molar-refractivity contribution in [3.63, 3.8) is 0 Å². The van der Waals surface area contributed by atoms with Crippen LogP contribution in [0.25, 0.3) is 0 Å². The van der Waals surface area contributed by atoms with Gasteiger partial charge in [0.05, 0.1) is 16.5 Å². The second-order valence-electron chi connectivity index (χ2n) is 7.50. The maximum absolute atomic E-state index is 12.3. The van der Waals surface area contributed by atoms with Crippen molar-refractivity contribution >= 4 is 15.9 Å². The van der Waals surface area contributed by atoms with Crippen molar-refractivity contribution in [3.8, 4) is 0 Å². The molecule has 0 heterocycles. The Kier molecular flexibility index (Phi) is 6.69. The van der Waals surface area contributed by atoms with Gasteiger partial charge in [-0.25, -0.2) is 13.2 Å². The fourth-order valence-corrected chi connectivity index (χ4v) is 2.79. The monoisotopic (exact) mass is 322 g/mol. The van der Waals surface area contributed by atoms with Crippen LogP contribution in [0.3, 0.4) is 0 Å². The molecule has 0 aromatic carbocycles. The van der Waals surface area contributed by atoms with Crippen LogP contribution < -0.4 is 5.32 Å². The summed E-state index contributed by atoms with van der Waals surface area (Å²) in [6.07, 6.45) is -0.599. The van der Waals surface area contributed by atoms with Crippen LogP contribution in [0, 0.1) is 0 Å². The molecule has 0 spiro atoms. The molecule has 21 heavy (non-hydrogen) atoms. The zero-order chi connectivity index (χ0) is 17.1. The highest BCUT2D eigenvalue weighted by molar-refractivity contribution is 7.92. The molecule has 0 saturated carbocycles. The number of carbonyl (C=O) groups is 1. The van der Waals surface area contributed by atoms with Gasteiger partial charge < -0.3 is 15.0 Å². The zero-order valence-electron chi connectivity index (χ0n) is 14.5. The summed E-state index contributed by atoms with van der Waals surface area (Å²) in [7, 11) is 0.325. The summed E-state index contributed by atoms with van der Waals surface area (Å²) < 4.78 is 28.9. The van der Waals surface area contributed by atoms with Crippen LogP contribution in [0.15, 0.2) is 0 Å². The van der Waals surface area contributed by atoms with Crippen molar-refractivity contribution < 1.29 is 17.9 Å². The van der Waals surface area contributed by atoms with Crippen LogP contribution in [-0.2, 0) is 14.6 Å². The highest BCUT2D eigenvalue weighted by Crippen LogP contribution is 2.17. The van der Waals surface area contributed by atoms with Gasteiger partial charge in [0.2, 0.25) is 0 Å². The molecule has 6 nitrogen and oxygen atoms in total. The summed E-state index contributed by atoms with van der Waals surface area (Å²) >= 11 is 0. The van der Waals surface area contributed by atoms with Gasteiger partial charge in [0, 0.05) is 6.54 Å². The van der Waals surface area contributed by atoms with E-state index in [0.717, 1.165) is 0 Å². The molecule has 1 amide bonds. The summed E-state index contributed by atoms with van der Waals surface area (Å²) in [4.78, 5) is 13.7. The van der Waals surface area contributed by atoms with E-state index in [1.54, 1.807) is 41.5 Å². The number of nitrogens with zero attached hydrogens (tertiary/aromatic N) is 1. The predicted molar refractivity (Wildman–Crippen MR) is 85.3 cm³/mol. The van der Waals surface area contributed by atoms with Crippen LogP contribution in [0.5, 0.6) is 0 Å². The minimum Gasteiger partial charge on any atom is -0.444 e. The highest BCUT2D eigenvalue weighted by atomic mass is 32.2. The number of alkyl carbamates (subject to hydrolysis) is 1. The molecule has 0 aromatic heterocycles. The Balaban J connectivity index is 4.95. The Morgan fingerprint density at radius 1 is 1.14 bits per heavy atom. The summed E-state index contributed by atoms with van der Waals surface area (Å²) in [6, 6.07) is -0.515. The number of carbonyl (C=O) groups excluding carboxylic acids is 1. The van der Waals surface area contributed by atoms with Crippen LogP contribution in [0.2, 0.25) is 0 Å². The molecule has 0 unspecified atom stereocenters.